The SMILES string of the molecule is O=C(NCCOc1ccc2nnc(-c3ccccc3)n2n1)c1cc(-c2ccccc2)n[nH]1. The van der Waals surface area contributed by atoms with Gasteiger partial charge in [-0.25, -0.2) is 0 Å². The number of amides is 1. The first-order valence-electron chi connectivity index (χ1n) is 10.1. The van der Waals surface area contributed by atoms with Gasteiger partial charge in [-0.05, 0) is 12.1 Å². The van der Waals surface area contributed by atoms with E-state index in [1.54, 1.807) is 22.7 Å². The first kappa shape index (κ1) is 19.4. The lowest BCUT2D eigenvalue weighted by molar-refractivity contribution is 0.0941. The quantitative estimate of drug-likeness (QED) is 0.388. The van der Waals surface area contributed by atoms with Crippen LogP contribution in [0.2, 0.25) is 0 Å². The van der Waals surface area contributed by atoms with Crippen LogP contribution >= 0.6 is 0 Å². The molecule has 0 bridgehead atoms. The van der Waals surface area contributed by atoms with Crippen molar-refractivity contribution in [3.8, 4) is 28.5 Å². The molecule has 0 saturated carbocycles. The molecule has 5 aromatic rings. The second-order valence-corrected chi connectivity index (χ2v) is 6.97. The minimum absolute atomic E-state index is 0.253. The minimum atomic E-state index is -0.253. The molecule has 0 fully saturated rings. The lowest BCUT2D eigenvalue weighted by Gasteiger charge is -2.07. The third kappa shape index (κ3) is 4.04. The molecule has 32 heavy (non-hydrogen) atoms. The highest BCUT2D eigenvalue weighted by Crippen LogP contribution is 2.19. The molecular formula is C23H19N7O2. The van der Waals surface area contributed by atoms with Crippen LogP contribution in [0.3, 0.4) is 0 Å². The predicted octanol–water partition coefficient (Wildman–Crippen LogP) is 2.99. The monoisotopic (exact) mass is 425 g/mol. The van der Waals surface area contributed by atoms with Gasteiger partial charge in [-0.2, -0.15) is 9.61 Å². The van der Waals surface area contributed by atoms with E-state index in [0.29, 0.717) is 35.3 Å². The zero-order valence-electron chi connectivity index (χ0n) is 17.0. The molecule has 0 unspecified atom stereocenters. The fourth-order valence-corrected chi connectivity index (χ4v) is 3.23. The summed E-state index contributed by atoms with van der Waals surface area (Å²) in [6.45, 7) is 0.568. The van der Waals surface area contributed by atoms with Crippen molar-refractivity contribution < 1.29 is 9.53 Å². The van der Waals surface area contributed by atoms with Gasteiger partial charge >= 0.3 is 0 Å². The molecule has 158 valence electrons. The second-order valence-electron chi connectivity index (χ2n) is 6.97. The van der Waals surface area contributed by atoms with Crippen LogP contribution in [0.1, 0.15) is 10.5 Å². The van der Waals surface area contributed by atoms with E-state index in [2.05, 4.69) is 30.8 Å². The molecule has 3 heterocycles. The lowest BCUT2D eigenvalue weighted by Crippen LogP contribution is -2.28. The summed E-state index contributed by atoms with van der Waals surface area (Å²) in [5, 5.41) is 22.6. The van der Waals surface area contributed by atoms with Crippen molar-refractivity contribution in [2.75, 3.05) is 13.2 Å². The van der Waals surface area contributed by atoms with Gasteiger partial charge in [-0.1, -0.05) is 60.7 Å². The van der Waals surface area contributed by atoms with E-state index >= 15 is 0 Å². The van der Waals surface area contributed by atoms with E-state index in [0.717, 1.165) is 11.1 Å². The predicted molar refractivity (Wildman–Crippen MR) is 118 cm³/mol. The number of aromatic nitrogens is 6. The van der Waals surface area contributed by atoms with Gasteiger partial charge in [-0.3, -0.25) is 9.89 Å². The van der Waals surface area contributed by atoms with Crippen LogP contribution in [0.25, 0.3) is 28.3 Å². The number of nitrogens with zero attached hydrogens (tertiary/aromatic N) is 5. The van der Waals surface area contributed by atoms with E-state index in [4.69, 9.17) is 4.74 Å². The number of hydrogen-bond donors (Lipinski definition) is 2. The maximum atomic E-state index is 12.4. The van der Waals surface area contributed by atoms with Gasteiger partial charge in [0.2, 0.25) is 5.88 Å². The molecule has 0 saturated heterocycles. The van der Waals surface area contributed by atoms with Crippen LogP contribution < -0.4 is 10.1 Å². The minimum Gasteiger partial charge on any atom is -0.475 e. The first-order valence-corrected chi connectivity index (χ1v) is 10.1. The highest BCUT2D eigenvalue weighted by molar-refractivity contribution is 5.93. The molecule has 2 aromatic carbocycles. The normalized spacial score (nSPS) is 10.9. The maximum Gasteiger partial charge on any atom is 0.269 e. The van der Waals surface area contributed by atoms with Gasteiger partial charge in [0.05, 0.1) is 12.2 Å². The summed E-state index contributed by atoms with van der Waals surface area (Å²) in [6, 6.07) is 24.6. The molecular weight excluding hydrogens is 406 g/mol. The number of hydrogen-bond acceptors (Lipinski definition) is 6. The molecule has 1 amide bonds. The molecule has 0 spiro atoms. The van der Waals surface area contributed by atoms with Gasteiger partial charge < -0.3 is 10.1 Å². The number of benzene rings is 2. The van der Waals surface area contributed by atoms with Crippen LogP contribution in [0.15, 0.2) is 78.9 Å². The molecule has 0 aliphatic heterocycles. The summed E-state index contributed by atoms with van der Waals surface area (Å²) in [4.78, 5) is 12.4. The van der Waals surface area contributed by atoms with E-state index in [-0.39, 0.29) is 12.5 Å². The Labute approximate surface area is 183 Å². The van der Waals surface area contributed by atoms with Gasteiger partial charge in [-0.15, -0.1) is 15.3 Å². The summed E-state index contributed by atoms with van der Waals surface area (Å²) < 4.78 is 7.34. The number of aromatic amines is 1. The van der Waals surface area contributed by atoms with Gasteiger partial charge in [0.25, 0.3) is 5.91 Å². The Bertz CT molecular complexity index is 1350. The zero-order chi connectivity index (χ0) is 21.8. The molecule has 2 N–H and O–H groups in total. The number of carbonyl (C=O) groups is 1. The number of carbonyl (C=O) groups excluding carboxylic acids is 1. The van der Waals surface area contributed by atoms with Crippen molar-refractivity contribution in [2.24, 2.45) is 0 Å². The standard InChI is InChI=1S/C23H19N7O2/c31-23(19-15-18(25-26-19)16-7-3-1-4-8-16)24-13-14-32-21-12-11-20-27-28-22(30(20)29-21)17-9-5-2-6-10-17/h1-12,15H,13-14H2,(H,24,31)(H,25,26). The van der Waals surface area contributed by atoms with Gasteiger partial charge in [0.1, 0.15) is 12.3 Å². The summed E-state index contributed by atoms with van der Waals surface area (Å²) in [6.07, 6.45) is 0. The second kappa shape index (κ2) is 8.68. The van der Waals surface area contributed by atoms with E-state index in [9.17, 15) is 4.79 Å². The molecule has 9 nitrogen and oxygen atoms in total. The zero-order valence-corrected chi connectivity index (χ0v) is 17.0. The van der Waals surface area contributed by atoms with Crippen molar-refractivity contribution in [1.82, 2.24) is 35.3 Å². The Hall–Kier alpha value is -4.53. The number of fused-ring (bicyclic) bond motifs is 1. The molecule has 5 rings (SSSR count). The van der Waals surface area contributed by atoms with Gasteiger partial charge in [0.15, 0.2) is 11.5 Å². The summed E-state index contributed by atoms with van der Waals surface area (Å²) in [5.41, 5.74) is 3.58. The number of ether oxygens (including phenoxy) is 1. The third-order valence-corrected chi connectivity index (χ3v) is 4.80. The van der Waals surface area contributed by atoms with Crippen LogP contribution in [-0.2, 0) is 0 Å². The Morgan fingerprint density at radius 1 is 0.938 bits per heavy atom. The van der Waals surface area contributed by atoms with Crippen LogP contribution in [-0.4, -0.2) is 49.1 Å². The summed E-state index contributed by atoms with van der Waals surface area (Å²) in [7, 11) is 0. The largest absolute Gasteiger partial charge is 0.475 e. The van der Waals surface area contributed by atoms with Crippen LogP contribution in [0.5, 0.6) is 5.88 Å². The Morgan fingerprint density at radius 3 is 2.47 bits per heavy atom. The Balaban J connectivity index is 1.19. The summed E-state index contributed by atoms with van der Waals surface area (Å²) in [5.74, 6) is 0.793. The van der Waals surface area contributed by atoms with Crippen molar-refractivity contribution >= 4 is 11.6 Å². The Morgan fingerprint density at radius 2 is 1.69 bits per heavy atom. The molecule has 0 aliphatic carbocycles. The third-order valence-electron chi connectivity index (χ3n) is 4.80. The van der Waals surface area contributed by atoms with E-state index in [1.807, 2.05) is 60.7 Å². The maximum absolute atomic E-state index is 12.4. The molecule has 0 radical (unpaired) electrons. The van der Waals surface area contributed by atoms with Crippen molar-refractivity contribution in [3.05, 3.63) is 84.6 Å². The summed E-state index contributed by atoms with van der Waals surface area (Å²) >= 11 is 0. The fraction of sp³-hybridized carbons (Fsp3) is 0.0870. The highest BCUT2D eigenvalue weighted by Gasteiger charge is 2.12. The van der Waals surface area contributed by atoms with Crippen molar-refractivity contribution in [2.45, 2.75) is 0 Å². The fourth-order valence-electron chi connectivity index (χ4n) is 3.23. The number of H-pyrrole nitrogens is 1. The average Bonchev–Trinajstić information content (AvgIpc) is 3.50. The van der Waals surface area contributed by atoms with Crippen LogP contribution in [0.4, 0.5) is 0 Å². The topological polar surface area (TPSA) is 110 Å². The average molecular weight is 425 g/mol. The smallest absolute Gasteiger partial charge is 0.269 e. The van der Waals surface area contributed by atoms with Crippen molar-refractivity contribution in [1.29, 1.82) is 0 Å². The highest BCUT2D eigenvalue weighted by atomic mass is 16.5. The molecule has 9 heteroatoms. The first-order chi connectivity index (χ1) is 15.8. The number of nitrogens with one attached hydrogen (secondary N) is 2. The van der Waals surface area contributed by atoms with Crippen LogP contribution in [0, 0.1) is 0 Å². The number of rotatable bonds is 7. The molecule has 3 aromatic heterocycles. The van der Waals surface area contributed by atoms with E-state index < -0.39 is 0 Å². The molecule has 0 aliphatic rings. The van der Waals surface area contributed by atoms with E-state index in [1.165, 1.54) is 0 Å². The molecule has 0 atom stereocenters. The van der Waals surface area contributed by atoms with Crippen molar-refractivity contribution in [3.63, 3.8) is 0 Å². The lowest BCUT2D eigenvalue weighted by atomic mass is 10.1. The Kier molecular flexibility index (Phi) is 5.27. The van der Waals surface area contributed by atoms with Gasteiger partial charge in [0, 0.05) is 17.2 Å².